The largest absolute Gasteiger partial charge is 0.386 e. The van der Waals surface area contributed by atoms with E-state index < -0.39 is 0 Å². The van der Waals surface area contributed by atoms with Gasteiger partial charge in [0.25, 0.3) is 0 Å². The Morgan fingerprint density at radius 3 is 2.36 bits per heavy atom. The Bertz CT molecular complexity index is 148. The van der Waals surface area contributed by atoms with Gasteiger partial charge in [-0.25, -0.2) is 0 Å². The fraction of sp³-hybridized carbons (Fsp3) is 0.556. The summed E-state index contributed by atoms with van der Waals surface area (Å²) in [5, 5.41) is 3.15. The molecule has 0 bridgehead atoms. The first-order chi connectivity index (χ1) is 5.07. The topological polar surface area (TPSA) is 38.0 Å². The normalized spacial score (nSPS) is 14.7. The van der Waals surface area contributed by atoms with Gasteiger partial charge in [-0.3, -0.25) is 0 Å². The zero-order valence-corrected chi connectivity index (χ0v) is 7.59. The van der Waals surface area contributed by atoms with Crippen LogP contribution in [0.2, 0.25) is 0 Å². The molecule has 0 amide bonds. The molecular weight excluding hydrogens is 136 g/mol. The number of hydrogen-bond acceptors (Lipinski definition) is 2. The maximum Gasteiger partial charge on any atom is 0.0961 e. The average Bonchev–Trinajstić information content (AvgIpc) is 1.87. The Morgan fingerprint density at radius 2 is 2.00 bits per heavy atom. The van der Waals surface area contributed by atoms with Gasteiger partial charge < -0.3 is 11.1 Å². The van der Waals surface area contributed by atoms with Gasteiger partial charge in [0.1, 0.15) is 0 Å². The van der Waals surface area contributed by atoms with Crippen molar-refractivity contribution in [2.75, 3.05) is 0 Å². The van der Waals surface area contributed by atoms with Crippen LogP contribution in [-0.2, 0) is 0 Å². The van der Waals surface area contributed by atoms with E-state index in [0.29, 0.717) is 17.8 Å². The van der Waals surface area contributed by atoms with Gasteiger partial charge in [-0.1, -0.05) is 26.5 Å². The molecule has 1 unspecified atom stereocenters. The van der Waals surface area contributed by atoms with Crippen molar-refractivity contribution in [2.45, 2.75) is 26.8 Å². The van der Waals surface area contributed by atoms with E-state index in [4.69, 9.17) is 5.73 Å². The van der Waals surface area contributed by atoms with Crippen LogP contribution in [0.1, 0.15) is 20.8 Å². The molecule has 0 aliphatic rings. The number of allylic oxidation sites excluding steroid dienone is 2. The quantitative estimate of drug-likeness (QED) is 0.604. The highest BCUT2D eigenvalue weighted by atomic mass is 15.0. The minimum atomic E-state index is 0.409. The molecule has 0 aromatic carbocycles. The lowest BCUT2D eigenvalue weighted by molar-refractivity contribution is 0.460. The molecule has 0 saturated heterocycles. The van der Waals surface area contributed by atoms with E-state index in [1.807, 2.05) is 0 Å². The highest BCUT2D eigenvalue weighted by Gasteiger charge is 2.04. The number of hydrogen-bond donors (Lipinski definition) is 2. The standard InChI is InChI=1S/C9H18N2/c1-5-6-9(10)11-8(4)7(2)3/h5-8,11H,1,10H2,2-4H3/b9-6-. The van der Waals surface area contributed by atoms with Crippen LogP contribution in [0.3, 0.4) is 0 Å². The van der Waals surface area contributed by atoms with E-state index in [-0.39, 0.29) is 0 Å². The van der Waals surface area contributed by atoms with E-state index in [9.17, 15) is 0 Å². The van der Waals surface area contributed by atoms with E-state index in [1.165, 1.54) is 0 Å². The summed E-state index contributed by atoms with van der Waals surface area (Å²) < 4.78 is 0. The van der Waals surface area contributed by atoms with Gasteiger partial charge >= 0.3 is 0 Å². The predicted molar refractivity (Wildman–Crippen MR) is 49.9 cm³/mol. The third kappa shape index (κ3) is 4.48. The molecule has 0 heterocycles. The number of nitrogens with one attached hydrogen (secondary N) is 1. The zero-order chi connectivity index (χ0) is 8.85. The highest BCUT2D eigenvalue weighted by molar-refractivity contribution is 5.05. The van der Waals surface area contributed by atoms with Crippen molar-refractivity contribution in [2.24, 2.45) is 11.7 Å². The molecule has 0 fully saturated rings. The number of nitrogens with two attached hydrogens (primary N) is 1. The molecule has 0 radical (unpaired) electrons. The molecule has 0 aromatic heterocycles. The molecule has 64 valence electrons. The molecule has 1 atom stereocenters. The zero-order valence-electron chi connectivity index (χ0n) is 7.59. The second kappa shape index (κ2) is 4.83. The number of rotatable bonds is 4. The first kappa shape index (κ1) is 10.1. The van der Waals surface area contributed by atoms with Crippen LogP contribution in [0.25, 0.3) is 0 Å². The van der Waals surface area contributed by atoms with E-state index in [2.05, 4.69) is 32.7 Å². The maximum atomic E-state index is 5.60. The van der Waals surface area contributed by atoms with Crippen LogP contribution in [0.4, 0.5) is 0 Å². The Balaban J connectivity index is 3.84. The van der Waals surface area contributed by atoms with Gasteiger partial charge in [-0.15, -0.1) is 0 Å². The molecule has 2 nitrogen and oxygen atoms in total. The molecular formula is C9H18N2. The Hall–Kier alpha value is -0.920. The molecule has 3 N–H and O–H groups in total. The molecule has 0 spiro atoms. The lowest BCUT2D eigenvalue weighted by Crippen LogP contribution is -2.33. The second-order valence-corrected chi connectivity index (χ2v) is 3.03. The van der Waals surface area contributed by atoms with Crippen molar-refractivity contribution in [3.63, 3.8) is 0 Å². The van der Waals surface area contributed by atoms with Gasteiger partial charge in [0.05, 0.1) is 5.82 Å². The molecule has 11 heavy (non-hydrogen) atoms. The molecule has 0 aromatic rings. The summed E-state index contributed by atoms with van der Waals surface area (Å²) in [6.07, 6.45) is 3.44. The average molecular weight is 154 g/mol. The summed E-state index contributed by atoms with van der Waals surface area (Å²) in [6.45, 7) is 9.97. The summed E-state index contributed by atoms with van der Waals surface area (Å²) in [5.41, 5.74) is 5.60. The summed E-state index contributed by atoms with van der Waals surface area (Å²) in [5.74, 6) is 1.27. The van der Waals surface area contributed by atoms with Crippen molar-refractivity contribution in [3.05, 3.63) is 24.6 Å². The van der Waals surface area contributed by atoms with Gasteiger partial charge in [-0.2, -0.15) is 0 Å². The second-order valence-electron chi connectivity index (χ2n) is 3.03. The summed E-state index contributed by atoms with van der Waals surface area (Å²) in [6, 6.07) is 0.409. The van der Waals surface area contributed by atoms with Crippen LogP contribution >= 0.6 is 0 Å². The fourth-order valence-electron chi connectivity index (χ4n) is 0.605. The van der Waals surface area contributed by atoms with E-state index in [1.54, 1.807) is 12.2 Å². The first-order valence-corrected chi connectivity index (χ1v) is 3.92. The van der Waals surface area contributed by atoms with Gasteiger partial charge in [-0.05, 0) is 18.9 Å². The van der Waals surface area contributed by atoms with Crippen molar-refractivity contribution in [3.8, 4) is 0 Å². The van der Waals surface area contributed by atoms with Crippen molar-refractivity contribution in [1.29, 1.82) is 0 Å². The molecule has 2 heteroatoms. The van der Waals surface area contributed by atoms with Gasteiger partial charge in [0, 0.05) is 6.04 Å². The summed E-state index contributed by atoms with van der Waals surface area (Å²) in [4.78, 5) is 0. The van der Waals surface area contributed by atoms with Crippen LogP contribution in [-0.4, -0.2) is 6.04 Å². The van der Waals surface area contributed by atoms with Gasteiger partial charge in [0.2, 0.25) is 0 Å². The Labute approximate surface area is 69.2 Å². The van der Waals surface area contributed by atoms with Crippen LogP contribution in [0.15, 0.2) is 24.6 Å². The lowest BCUT2D eigenvalue weighted by atomic mass is 10.1. The van der Waals surface area contributed by atoms with Crippen LogP contribution in [0.5, 0.6) is 0 Å². The minimum absolute atomic E-state index is 0.409. The van der Waals surface area contributed by atoms with Crippen molar-refractivity contribution < 1.29 is 0 Å². The third-order valence-corrected chi connectivity index (χ3v) is 1.69. The predicted octanol–water partition coefficient (Wildman–Crippen LogP) is 1.61. The fourth-order valence-corrected chi connectivity index (χ4v) is 0.605. The molecule has 0 rings (SSSR count). The Kier molecular flexibility index (Phi) is 4.42. The summed E-state index contributed by atoms with van der Waals surface area (Å²) >= 11 is 0. The van der Waals surface area contributed by atoms with Gasteiger partial charge in [0.15, 0.2) is 0 Å². The first-order valence-electron chi connectivity index (χ1n) is 3.92. The van der Waals surface area contributed by atoms with Crippen molar-refractivity contribution >= 4 is 0 Å². The highest BCUT2D eigenvalue weighted by Crippen LogP contribution is 2.00. The van der Waals surface area contributed by atoms with E-state index in [0.717, 1.165) is 0 Å². The van der Waals surface area contributed by atoms with Crippen molar-refractivity contribution in [1.82, 2.24) is 5.32 Å². The molecule has 0 saturated carbocycles. The molecule has 0 aliphatic heterocycles. The van der Waals surface area contributed by atoms with Crippen LogP contribution in [0, 0.1) is 5.92 Å². The smallest absolute Gasteiger partial charge is 0.0961 e. The molecule has 0 aliphatic carbocycles. The lowest BCUT2D eigenvalue weighted by Gasteiger charge is -2.18. The summed E-state index contributed by atoms with van der Waals surface area (Å²) in [7, 11) is 0. The van der Waals surface area contributed by atoms with E-state index >= 15 is 0 Å². The SMILES string of the molecule is C=C/C=C(/N)NC(C)C(C)C. The van der Waals surface area contributed by atoms with Crippen LogP contribution < -0.4 is 11.1 Å². The Morgan fingerprint density at radius 1 is 1.45 bits per heavy atom. The maximum absolute atomic E-state index is 5.60. The monoisotopic (exact) mass is 154 g/mol. The minimum Gasteiger partial charge on any atom is -0.386 e. The third-order valence-electron chi connectivity index (χ3n) is 1.69.